The van der Waals surface area contributed by atoms with Gasteiger partial charge in [-0.25, -0.2) is 14.6 Å². The number of nitrogens with zero attached hydrogens (tertiary/aromatic N) is 1. The molecule has 0 aliphatic heterocycles. The van der Waals surface area contributed by atoms with E-state index < -0.39 is 32.6 Å². The normalized spacial score (nSPS) is 15.1. The first-order valence-electron chi connectivity index (χ1n) is 11.6. The number of carbonyl (C=O) groups is 2. The molecule has 10 heteroatoms. The Morgan fingerprint density at radius 3 is 2.38 bits per heavy atom. The Balaban J connectivity index is 2.06. The van der Waals surface area contributed by atoms with Crippen molar-refractivity contribution in [3.8, 4) is 0 Å². The van der Waals surface area contributed by atoms with E-state index in [2.05, 4.69) is 0 Å². The quantitative estimate of drug-likeness (QED) is 0.196. The van der Waals surface area contributed by atoms with E-state index in [-0.39, 0.29) is 18.6 Å². The molecular formula is C24H35Cl2NO6P+. The van der Waals surface area contributed by atoms with Crippen LogP contribution in [-0.4, -0.2) is 46.2 Å². The van der Waals surface area contributed by atoms with E-state index in [1.807, 2.05) is 6.92 Å². The van der Waals surface area contributed by atoms with Gasteiger partial charge in [-0.3, -0.25) is 4.79 Å². The van der Waals surface area contributed by atoms with Gasteiger partial charge < -0.3 is 14.4 Å². The first kappa shape index (κ1) is 28.9. The third-order valence-corrected chi connectivity index (χ3v) is 8.25. The molecule has 1 aromatic carbocycles. The van der Waals surface area contributed by atoms with Crippen molar-refractivity contribution in [1.29, 1.82) is 0 Å². The number of ether oxygens (including phenoxy) is 2. The summed E-state index contributed by atoms with van der Waals surface area (Å²) in [5.41, 5.74) is 1.85. The summed E-state index contributed by atoms with van der Waals surface area (Å²) >= 11 is 12.2. The van der Waals surface area contributed by atoms with Gasteiger partial charge in [0.1, 0.15) is 12.0 Å². The van der Waals surface area contributed by atoms with Crippen molar-refractivity contribution in [3.05, 3.63) is 45.2 Å². The molecule has 0 spiro atoms. The minimum atomic E-state index is -3.21. The van der Waals surface area contributed by atoms with E-state index in [0.29, 0.717) is 16.5 Å². The molecule has 0 radical (unpaired) electrons. The Kier molecular flexibility index (Phi) is 11.6. The Morgan fingerprint density at radius 2 is 1.76 bits per heavy atom. The highest BCUT2D eigenvalue weighted by Gasteiger charge is 2.32. The standard InChI is InChI=1S/C24H35Cl2NO6P/c1-17(2)23(28)32-16-33-24(29)27(18(3)20-10-11-21(25)22(26)14-20)12-7-13-34(30,31)15-19-8-5-4-6-9-19/h10-11,14-15,17-18,30-31H,4-9,12-13,16H2,1-3H3/q+1. The fourth-order valence-corrected chi connectivity index (χ4v) is 5.63. The van der Waals surface area contributed by atoms with Gasteiger partial charge in [0.15, 0.2) is 0 Å². The van der Waals surface area contributed by atoms with Crippen molar-refractivity contribution in [2.75, 3.05) is 19.5 Å². The van der Waals surface area contributed by atoms with Gasteiger partial charge in [0, 0.05) is 13.0 Å². The number of hydrogen-bond donors (Lipinski definition) is 2. The molecule has 0 aromatic heterocycles. The van der Waals surface area contributed by atoms with Crippen LogP contribution in [0.3, 0.4) is 0 Å². The first-order valence-corrected chi connectivity index (χ1v) is 14.3. The van der Waals surface area contributed by atoms with Crippen LogP contribution in [-0.2, 0) is 14.3 Å². The number of carbonyl (C=O) groups excluding carboxylic acids is 2. The van der Waals surface area contributed by atoms with Crippen LogP contribution in [0, 0.1) is 5.92 Å². The van der Waals surface area contributed by atoms with Gasteiger partial charge in [0.2, 0.25) is 6.79 Å². The molecule has 1 unspecified atom stereocenters. The topological polar surface area (TPSA) is 96.3 Å². The highest BCUT2D eigenvalue weighted by Crippen LogP contribution is 2.54. The summed E-state index contributed by atoms with van der Waals surface area (Å²) in [7, 11) is -3.21. The van der Waals surface area contributed by atoms with E-state index >= 15 is 0 Å². The number of esters is 1. The lowest BCUT2D eigenvalue weighted by Crippen LogP contribution is -2.36. The van der Waals surface area contributed by atoms with Crippen molar-refractivity contribution in [3.63, 3.8) is 0 Å². The molecule has 0 heterocycles. The summed E-state index contributed by atoms with van der Waals surface area (Å²) < 4.78 is 10.1. The Labute approximate surface area is 212 Å². The minimum absolute atomic E-state index is 0.163. The molecular weight excluding hydrogens is 500 g/mol. The zero-order valence-corrected chi connectivity index (χ0v) is 22.4. The van der Waals surface area contributed by atoms with Crippen LogP contribution >= 0.6 is 30.9 Å². The number of hydrogen-bond acceptors (Lipinski definition) is 6. The molecule has 1 atom stereocenters. The van der Waals surface area contributed by atoms with E-state index in [1.165, 1.54) is 11.3 Å². The molecule has 1 saturated carbocycles. The fraction of sp³-hybridized carbons (Fsp3) is 0.583. The van der Waals surface area contributed by atoms with Crippen LogP contribution in [0.15, 0.2) is 29.6 Å². The lowest BCUT2D eigenvalue weighted by Gasteiger charge is -2.29. The number of allylic oxidation sites excluding steroid dienone is 1. The molecule has 190 valence electrons. The highest BCUT2D eigenvalue weighted by atomic mass is 35.5. The summed E-state index contributed by atoms with van der Waals surface area (Å²) in [6.45, 7) is 4.90. The van der Waals surface area contributed by atoms with Gasteiger partial charge >= 0.3 is 12.1 Å². The summed E-state index contributed by atoms with van der Waals surface area (Å²) in [6, 6.07) is 4.65. The number of amides is 1. The number of rotatable bonds is 10. The maximum Gasteiger partial charge on any atom is 0.413 e. The van der Waals surface area contributed by atoms with Crippen LogP contribution in [0.25, 0.3) is 0 Å². The second kappa shape index (κ2) is 13.6. The van der Waals surface area contributed by atoms with Crippen LogP contribution in [0.4, 0.5) is 4.79 Å². The highest BCUT2D eigenvalue weighted by molar-refractivity contribution is 7.67. The van der Waals surface area contributed by atoms with Crippen LogP contribution in [0.5, 0.6) is 0 Å². The largest absolute Gasteiger partial charge is 0.428 e. The Bertz CT molecular complexity index is 869. The summed E-state index contributed by atoms with van der Waals surface area (Å²) in [5.74, 6) is 0.847. The molecule has 0 saturated heterocycles. The van der Waals surface area contributed by atoms with Crippen LogP contribution < -0.4 is 0 Å². The van der Waals surface area contributed by atoms with Gasteiger partial charge in [-0.05, 0) is 55.9 Å². The Morgan fingerprint density at radius 1 is 1.09 bits per heavy atom. The predicted octanol–water partition coefficient (Wildman–Crippen LogP) is 6.72. The maximum atomic E-state index is 12.9. The summed E-state index contributed by atoms with van der Waals surface area (Å²) in [6.07, 6.45) is 4.99. The van der Waals surface area contributed by atoms with E-state index in [4.69, 9.17) is 32.7 Å². The molecule has 1 fully saturated rings. The van der Waals surface area contributed by atoms with Crippen molar-refractivity contribution < 1.29 is 28.8 Å². The lowest BCUT2D eigenvalue weighted by molar-refractivity contribution is -0.156. The summed E-state index contributed by atoms with van der Waals surface area (Å²) in [5, 5.41) is 0.762. The molecule has 1 aliphatic carbocycles. The van der Waals surface area contributed by atoms with E-state index in [9.17, 15) is 19.4 Å². The zero-order chi connectivity index (χ0) is 25.3. The molecule has 1 aliphatic rings. The molecule has 2 N–H and O–H groups in total. The zero-order valence-electron chi connectivity index (χ0n) is 20.0. The molecule has 7 nitrogen and oxygen atoms in total. The number of benzene rings is 1. The first-order chi connectivity index (χ1) is 16.0. The van der Waals surface area contributed by atoms with E-state index in [0.717, 1.165) is 36.8 Å². The summed E-state index contributed by atoms with van der Waals surface area (Å²) in [4.78, 5) is 47.1. The monoisotopic (exact) mass is 534 g/mol. The minimum Gasteiger partial charge on any atom is -0.428 e. The molecule has 34 heavy (non-hydrogen) atoms. The molecule has 2 rings (SSSR count). The second-order valence-corrected chi connectivity index (χ2v) is 12.0. The van der Waals surface area contributed by atoms with Crippen molar-refractivity contribution in [1.82, 2.24) is 4.90 Å². The maximum absolute atomic E-state index is 12.9. The van der Waals surface area contributed by atoms with Crippen LogP contribution in [0.2, 0.25) is 10.0 Å². The van der Waals surface area contributed by atoms with Crippen molar-refractivity contribution >= 4 is 43.0 Å². The molecule has 1 amide bonds. The number of halogens is 2. The van der Waals surface area contributed by atoms with Gasteiger partial charge in [0.25, 0.3) is 7.72 Å². The van der Waals surface area contributed by atoms with Gasteiger partial charge in [0.05, 0.1) is 22.0 Å². The fourth-order valence-electron chi connectivity index (χ4n) is 3.75. The molecule has 1 aromatic rings. The predicted molar refractivity (Wildman–Crippen MR) is 136 cm³/mol. The third kappa shape index (κ3) is 9.35. The second-order valence-electron chi connectivity index (χ2n) is 8.90. The van der Waals surface area contributed by atoms with Crippen molar-refractivity contribution in [2.24, 2.45) is 5.92 Å². The lowest BCUT2D eigenvalue weighted by atomic mass is 9.96. The van der Waals surface area contributed by atoms with Crippen molar-refractivity contribution in [2.45, 2.75) is 65.3 Å². The smallest absolute Gasteiger partial charge is 0.413 e. The van der Waals surface area contributed by atoms with Gasteiger partial charge in [-0.2, -0.15) is 0 Å². The van der Waals surface area contributed by atoms with Gasteiger partial charge in [-0.1, -0.05) is 49.5 Å². The van der Waals surface area contributed by atoms with E-state index in [1.54, 1.807) is 37.9 Å². The Hall–Kier alpha value is -1.37. The third-order valence-electron chi connectivity index (χ3n) is 5.75. The van der Waals surface area contributed by atoms with Crippen LogP contribution in [0.1, 0.15) is 70.9 Å². The average molecular weight is 535 g/mol. The van der Waals surface area contributed by atoms with Gasteiger partial charge in [-0.15, -0.1) is 0 Å². The molecule has 0 bridgehead atoms. The SMILES string of the molecule is CC(C)C(=O)OCOC(=O)N(CCC[P+](O)(O)C=C1CCCCC1)C(C)c1ccc(Cl)c(Cl)c1. The average Bonchev–Trinajstić information content (AvgIpc) is 2.78.